The van der Waals surface area contributed by atoms with Gasteiger partial charge < -0.3 is 14.5 Å². The number of rotatable bonds is 3. The summed E-state index contributed by atoms with van der Waals surface area (Å²) in [6.07, 6.45) is 5.07. The van der Waals surface area contributed by atoms with Gasteiger partial charge >= 0.3 is 5.97 Å². The lowest BCUT2D eigenvalue weighted by molar-refractivity contribution is 0.0596. The predicted molar refractivity (Wildman–Crippen MR) is 80.8 cm³/mol. The summed E-state index contributed by atoms with van der Waals surface area (Å²) in [5.41, 5.74) is 1.03. The quantitative estimate of drug-likeness (QED) is 0.884. The fourth-order valence-corrected chi connectivity index (χ4v) is 3.03. The Labute approximate surface area is 128 Å². The Bertz CT molecular complexity index is 662. The molecular weight excluding hydrogens is 290 g/mol. The molecule has 2 aromatic rings. The summed E-state index contributed by atoms with van der Waals surface area (Å²) in [6.45, 7) is 2.08. The second-order valence-corrected chi connectivity index (χ2v) is 5.82. The number of piperidine rings is 1. The molecule has 112 valence electrons. The minimum atomic E-state index is -0.428. The van der Waals surface area contributed by atoms with Gasteiger partial charge in [-0.05, 0) is 44.0 Å². The van der Waals surface area contributed by atoms with Crippen LogP contribution in [0.15, 0.2) is 18.3 Å². The Hall–Kier alpha value is -1.59. The molecule has 0 bridgehead atoms. The molecule has 0 amide bonds. The summed E-state index contributed by atoms with van der Waals surface area (Å²) in [5.74, 6) is 1.00. The number of carbonyl (C=O) groups excluding carboxylic acids is 1. The summed E-state index contributed by atoms with van der Waals surface area (Å²) in [5, 5.41) is 3.99. The van der Waals surface area contributed by atoms with Gasteiger partial charge in [-0.1, -0.05) is 11.6 Å². The van der Waals surface area contributed by atoms with Gasteiger partial charge in [-0.2, -0.15) is 0 Å². The van der Waals surface area contributed by atoms with E-state index in [1.807, 2.05) is 10.6 Å². The monoisotopic (exact) mass is 307 g/mol. The van der Waals surface area contributed by atoms with Gasteiger partial charge in [0, 0.05) is 17.6 Å². The molecule has 0 radical (unpaired) electrons. The number of hydrogen-bond acceptors (Lipinski definition) is 4. The average Bonchev–Trinajstić information content (AvgIpc) is 2.85. The van der Waals surface area contributed by atoms with Gasteiger partial charge in [0.15, 0.2) is 5.69 Å². The van der Waals surface area contributed by atoms with E-state index in [9.17, 15) is 4.79 Å². The first-order valence-electron chi connectivity index (χ1n) is 7.14. The Kier molecular flexibility index (Phi) is 4.12. The first kappa shape index (κ1) is 14.4. The fourth-order valence-electron chi connectivity index (χ4n) is 2.87. The van der Waals surface area contributed by atoms with E-state index in [-0.39, 0.29) is 0 Å². The molecule has 21 heavy (non-hydrogen) atoms. The van der Waals surface area contributed by atoms with Crippen LogP contribution in [0.3, 0.4) is 0 Å². The van der Waals surface area contributed by atoms with Gasteiger partial charge in [0.25, 0.3) is 0 Å². The van der Waals surface area contributed by atoms with Crippen LogP contribution in [0.1, 0.15) is 29.2 Å². The molecule has 0 spiro atoms. The van der Waals surface area contributed by atoms with E-state index in [1.54, 1.807) is 12.1 Å². The predicted octanol–water partition coefficient (Wildman–Crippen LogP) is 2.32. The average molecular weight is 308 g/mol. The number of carbonyl (C=O) groups is 1. The Balaban J connectivity index is 1.99. The highest BCUT2D eigenvalue weighted by Gasteiger charge is 2.21. The third kappa shape index (κ3) is 2.89. The van der Waals surface area contributed by atoms with Crippen molar-refractivity contribution in [2.75, 3.05) is 20.2 Å². The number of halogens is 1. The second kappa shape index (κ2) is 6.03. The number of pyridine rings is 1. The topological polar surface area (TPSA) is 55.6 Å². The zero-order valence-electron chi connectivity index (χ0n) is 11.9. The van der Waals surface area contributed by atoms with Gasteiger partial charge in [0.2, 0.25) is 0 Å². The number of nitrogens with zero attached hydrogens (tertiary/aromatic N) is 2. The van der Waals surface area contributed by atoms with Crippen molar-refractivity contribution in [1.82, 2.24) is 14.7 Å². The van der Waals surface area contributed by atoms with E-state index in [0.717, 1.165) is 25.3 Å². The molecule has 5 nitrogen and oxygen atoms in total. The molecule has 0 aromatic carbocycles. The van der Waals surface area contributed by atoms with Crippen molar-refractivity contribution in [2.45, 2.75) is 19.3 Å². The van der Waals surface area contributed by atoms with E-state index in [1.165, 1.54) is 20.0 Å². The van der Waals surface area contributed by atoms with Crippen LogP contribution in [0, 0.1) is 5.92 Å². The maximum Gasteiger partial charge on any atom is 0.358 e. The zero-order valence-corrected chi connectivity index (χ0v) is 12.7. The Morgan fingerprint density at radius 3 is 3.19 bits per heavy atom. The molecule has 1 unspecified atom stereocenters. The van der Waals surface area contributed by atoms with Gasteiger partial charge in [-0.15, -0.1) is 0 Å². The number of fused-ring (bicyclic) bond motifs is 1. The minimum absolute atomic E-state index is 0.332. The van der Waals surface area contributed by atoms with Crippen molar-refractivity contribution < 1.29 is 9.53 Å². The molecule has 1 aliphatic heterocycles. The normalized spacial score (nSPS) is 18.9. The highest BCUT2D eigenvalue weighted by atomic mass is 35.5. The molecule has 0 aliphatic carbocycles. The van der Waals surface area contributed by atoms with Crippen LogP contribution in [-0.4, -0.2) is 35.6 Å². The lowest BCUT2D eigenvalue weighted by Crippen LogP contribution is -2.31. The molecule has 1 saturated heterocycles. The van der Waals surface area contributed by atoms with Crippen molar-refractivity contribution in [3.63, 3.8) is 0 Å². The van der Waals surface area contributed by atoms with E-state index in [2.05, 4.69) is 10.3 Å². The molecule has 3 heterocycles. The van der Waals surface area contributed by atoms with Crippen molar-refractivity contribution in [3.05, 3.63) is 34.9 Å². The van der Waals surface area contributed by atoms with Gasteiger partial charge in [-0.25, -0.2) is 9.78 Å². The Morgan fingerprint density at radius 2 is 2.48 bits per heavy atom. The first-order valence-corrected chi connectivity index (χ1v) is 7.52. The van der Waals surface area contributed by atoms with Crippen LogP contribution in [0.5, 0.6) is 0 Å². The van der Waals surface area contributed by atoms with Crippen LogP contribution in [-0.2, 0) is 11.2 Å². The lowest BCUT2D eigenvalue weighted by Gasteiger charge is -2.21. The molecule has 1 atom stereocenters. The van der Waals surface area contributed by atoms with Crippen LogP contribution in [0.4, 0.5) is 0 Å². The summed E-state index contributed by atoms with van der Waals surface area (Å²) in [7, 11) is 1.36. The smallest absolute Gasteiger partial charge is 0.358 e. The maximum atomic E-state index is 11.9. The molecule has 1 fully saturated rings. The molecular formula is C15H18ClN3O2. The molecule has 3 rings (SSSR count). The minimum Gasteiger partial charge on any atom is -0.464 e. The maximum absolute atomic E-state index is 11.9. The summed E-state index contributed by atoms with van der Waals surface area (Å²) >= 11 is 6.04. The van der Waals surface area contributed by atoms with Crippen molar-refractivity contribution in [3.8, 4) is 0 Å². The lowest BCUT2D eigenvalue weighted by atomic mass is 9.96. The van der Waals surface area contributed by atoms with Crippen LogP contribution >= 0.6 is 11.6 Å². The molecule has 0 saturated carbocycles. The third-order valence-electron chi connectivity index (χ3n) is 3.93. The van der Waals surface area contributed by atoms with Crippen molar-refractivity contribution >= 4 is 23.1 Å². The number of methoxy groups -OCH3 is 1. The van der Waals surface area contributed by atoms with Crippen LogP contribution in [0.2, 0.25) is 5.02 Å². The van der Waals surface area contributed by atoms with Crippen molar-refractivity contribution in [2.24, 2.45) is 5.92 Å². The third-order valence-corrected chi connectivity index (χ3v) is 4.16. The number of ether oxygens (including phenoxy) is 1. The second-order valence-electron chi connectivity index (χ2n) is 5.38. The van der Waals surface area contributed by atoms with Gasteiger partial charge in [-0.3, -0.25) is 0 Å². The summed E-state index contributed by atoms with van der Waals surface area (Å²) < 4.78 is 6.75. The fraction of sp³-hybridized carbons (Fsp3) is 0.467. The van der Waals surface area contributed by atoms with E-state index in [0.29, 0.717) is 22.2 Å². The number of esters is 1. The van der Waals surface area contributed by atoms with Crippen LogP contribution in [0.25, 0.3) is 5.52 Å². The van der Waals surface area contributed by atoms with E-state index in [4.69, 9.17) is 16.3 Å². The summed E-state index contributed by atoms with van der Waals surface area (Å²) in [6, 6.07) is 3.56. The number of aromatic nitrogens is 2. The zero-order chi connectivity index (χ0) is 14.8. The molecule has 6 heteroatoms. The SMILES string of the molecule is COC(=O)c1nc(CC2CCCNC2)n2ccc(Cl)cc12. The van der Waals surface area contributed by atoms with Crippen LogP contribution < -0.4 is 5.32 Å². The highest BCUT2D eigenvalue weighted by Crippen LogP contribution is 2.22. The number of nitrogens with one attached hydrogen (secondary N) is 1. The van der Waals surface area contributed by atoms with E-state index < -0.39 is 5.97 Å². The first-order chi connectivity index (χ1) is 10.2. The number of imidazole rings is 1. The standard InChI is InChI=1S/C15H18ClN3O2/c1-21-15(20)14-12-8-11(16)4-6-19(12)13(18-14)7-10-3-2-5-17-9-10/h4,6,8,10,17H,2-3,5,7,9H2,1H3. The summed E-state index contributed by atoms with van der Waals surface area (Å²) in [4.78, 5) is 16.4. The van der Waals surface area contributed by atoms with E-state index >= 15 is 0 Å². The molecule has 1 N–H and O–H groups in total. The Morgan fingerprint density at radius 1 is 1.62 bits per heavy atom. The van der Waals surface area contributed by atoms with Gasteiger partial charge in [0.1, 0.15) is 5.82 Å². The molecule has 1 aliphatic rings. The largest absolute Gasteiger partial charge is 0.464 e. The van der Waals surface area contributed by atoms with Crippen molar-refractivity contribution in [1.29, 1.82) is 0 Å². The highest BCUT2D eigenvalue weighted by molar-refractivity contribution is 6.31. The number of hydrogen-bond donors (Lipinski definition) is 1. The molecule has 2 aromatic heterocycles. The van der Waals surface area contributed by atoms with Gasteiger partial charge in [0.05, 0.1) is 12.6 Å².